The van der Waals surface area contributed by atoms with Crippen molar-refractivity contribution in [2.75, 3.05) is 33.3 Å². The molecule has 0 radical (unpaired) electrons. The van der Waals surface area contributed by atoms with E-state index < -0.39 is 0 Å². The van der Waals surface area contributed by atoms with Crippen LogP contribution < -0.4 is 10.1 Å². The molecule has 3 nitrogen and oxygen atoms in total. The SMILES string of the molecule is COc1cccc(CN2CCNCC2)c1Cl. The van der Waals surface area contributed by atoms with E-state index in [1.807, 2.05) is 12.1 Å². The first-order valence-electron chi connectivity index (χ1n) is 5.55. The van der Waals surface area contributed by atoms with Crippen LogP contribution in [-0.2, 0) is 6.54 Å². The molecule has 2 rings (SSSR count). The van der Waals surface area contributed by atoms with Gasteiger partial charge in [-0.15, -0.1) is 0 Å². The molecular formula is C12H17ClN2O. The number of ether oxygens (including phenoxy) is 1. The fraction of sp³-hybridized carbons (Fsp3) is 0.500. The lowest BCUT2D eigenvalue weighted by atomic mass is 10.2. The fourth-order valence-corrected chi connectivity index (χ4v) is 2.21. The monoisotopic (exact) mass is 240 g/mol. The molecule has 1 N–H and O–H groups in total. The molecule has 1 heterocycles. The molecule has 88 valence electrons. The van der Waals surface area contributed by atoms with E-state index in [1.54, 1.807) is 7.11 Å². The minimum absolute atomic E-state index is 0.739. The van der Waals surface area contributed by atoms with Gasteiger partial charge in [-0.2, -0.15) is 0 Å². The molecule has 1 fully saturated rings. The Kier molecular flexibility index (Phi) is 4.04. The van der Waals surface area contributed by atoms with Crippen LogP contribution in [0.3, 0.4) is 0 Å². The zero-order valence-electron chi connectivity index (χ0n) is 9.50. The standard InChI is InChI=1S/C12H17ClN2O/c1-16-11-4-2-3-10(12(11)13)9-15-7-5-14-6-8-15/h2-4,14H,5-9H2,1H3. The van der Waals surface area contributed by atoms with Crippen molar-refractivity contribution in [2.45, 2.75) is 6.54 Å². The second-order valence-corrected chi connectivity index (χ2v) is 4.34. The highest BCUT2D eigenvalue weighted by Crippen LogP contribution is 2.28. The molecule has 0 amide bonds. The molecule has 0 aliphatic carbocycles. The summed E-state index contributed by atoms with van der Waals surface area (Å²) >= 11 is 6.26. The quantitative estimate of drug-likeness (QED) is 0.872. The number of hydrogen-bond acceptors (Lipinski definition) is 3. The Morgan fingerprint density at radius 3 is 2.81 bits per heavy atom. The highest BCUT2D eigenvalue weighted by molar-refractivity contribution is 6.32. The number of benzene rings is 1. The van der Waals surface area contributed by atoms with Gasteiger partial charge in [-0.3, -0.25) is 4.90 Å². The van der Waals surface area contributed by atoms with E-state index in [1.165, 1.54) is 0 Å². The van der Waals surface area contributed by atoms with Crippen molar-refractivity contribution in [3.8, 4) is 5.75 Å². The van der Waals surface area contributed by atoms with Gasteiger partial charge in [-0.1, -0.05) is 23.7 Å². The van der Waals surface area contributed by atoms with Gasteiger partial charge in [-0.05, 0) is 11.6 Å². The Labute approximate surface area is 101 Å². The summed E-state index contributed by atoms with van der Waals surface area (Å²) in [4.78, 5) is 2.40. The van der Waals surface area contributed by atoms with Gasteiger partial charge in [0, 0.05) is 32.7 Å². The van der Waals surface area contributed by atoms with E-state index in [0.717, 1.165) is 49.1 Å². The van der Waals surface area contributed by atoms with E-state index in [0.29, 0.717) is 0 Å². The topological polar surface area (TPSA) is 24.5 Å². The maximum absolute atomic E-state index is 6.26. The molecule has 1 aromatic carbocycles. The number of rotatable bonds is 3. The summed E-state index contributed by atoms with van der Waals surface area (Å²) in [5.74, 6) is 0.759. The van der Waals surface area contributed by atoms with Crippen LogP contribution in [0.15, 0.2) is 18.2 Å². The Morgan fingerprint density at radius 2 is 2.12 bits per heavy atom. The number of piperazine rings is 1. The third-order valence-electron chi connectivity index (χ3n) is 2.87. The predicted octanol–water partition coefficient (Wildman–Crippen LogP) is 1.75. The van der Waals surface area contributed by atoms with E-state index >= 15 is 0 Å². The molecule has 1 aliphatic heterocycles. The van der Waals surface area contributed by atoms with Crippen molar-refractivity contribution in [1.29, 1.82) is 0 Å². The molecule has 0 unspecified atom stereocenters. The zero-order chi connectivity index (χ0) is 11.4. The van der Waals surface area contributed by atoms with Crippen LogP contribution in [0.4, 0.5) is 0 Å². The van der Waals surface area contributed by atoms with Crippen molar-refractivity contribution in [3.05, 3.63) is 28.8 Å². The van der Waals surface area contributed by atoms with Crippen LogP contribution in [0.5, 0.6) is 5.75 Å². The second-order valence-electron chi connectivity index (χ2n) is 3.96. The first-order valence-corrected chi connectivity index (χ1v) is 5.93. The van der Waals surface area contributed by atoms with Crippen LogP contribution in [0.25, 0.3) is 0 Å². The molecule has 0 bridgehead atoms. The van der Waals surface area contributed by atoms with E-state index in [2.05, 4.69) is 16.3 Å². The average Bonchev–Trinajstić information content (AvgIpc) is 2.33. The second kappa shape index (κ2) is 5.53. The molecule has 0 atom stereocenters. The molecule has 0 spiro atoms. The maximum Gasteiger partial charge on any atom is 0.137 e. The van der Waals surface area contributed by atoms with Gasteiger partial charge in [0.25, 0.3) is 0 Å². The molecule has 1 aromatic rings. The minimum Gasteiger partial charge on any atom is -0.495 e. The zero-order valence-corrected chi connectivity index (χ0v) is 10.3. The van der Waals surface area contributed by atoms with Crippen LogP contribution in [0, 0.1) is 0 Å². The Balaban J connectivity index is 2.08. The van der Waals surface area contributed by atoms with Crippen molar-refractivity contribution in [3.63, 3.8) is 0 Å². The van der Waals surface area contributed by atoms with Gasteiger partial charge in [0.2, 0.25) is 0 Å². The number of nitrogens with zero attached hydrogens (tertiary/aromatic N) is 1. The van der Waals surface area contributed by atoms with Crippen molar-refractivity contribution in [1.82, 2.24) is 10.2 Å². The summed E-state index contributed by atoms with van der Waals surface area (Å²) in [7, 11) is 1.65. The van der Waals surface area contributed by atoms with Gasteiger partial charge in [0.1, 0.15) is 5.75 Å². The fourth-order valence-electron chi connectivity index (χ4n) is 1.95. The molecule has 4 heteroatoms. The van der Waals surface area contributed by atoms with Gasteiger partial charge in [0.15, 0.2) is 0 Å². The van der Waals surface area contributed by atoms with Crippen LogP contribution in [-0.4, -0.2) is 38.2 Å². The predicted molar refractivity (Wildman–Crippen MR) is 66.2 cm³/mol. The van der Waals surface area contributed by atoms with Gasteiger partial charge < -0.3 is 10.1 Å². The summed E-state index contributed by atoms with van der Waals surface area (Å²) in [6.45, 7) is 5.17. The Morgan fingerprint density at radius 1 is 1.38 bits per heavy atom. The highest BCUT2D eigenvalue weighted by atomic mass is 35.5. The largest absolute Gasteiger partial charge is 0.495 e. The van der Waals surface area contributed by atoms with Crippen molar-refractivity contribution in [2.24, 2.45) is 0 Å². The molecule has 16 heavy (non-hydrogen) atoms. The van der Waals surface area contributed by atoms with Crippen LogP contribution >= 0.6 is 11.6 Å². The van der Waals surface area contributed by atoms with E-state index in [-0.39, 0.29) is 0 Å². The van der Waals surface area contributed by atoms with Gasteiger partial charge >= 0.3 is 0 Å². The third kappa shape index (κ3) is 2.67. The molecular weight excluding hydrogens is 224 g/mol. The number of hydrogen-bond donors (Lipinski definition) is 1. The summed E-state index contributed by atoms with van der Waals surface area (Å²) < 4.78 is 5.21. The Bertz CT molecular complexity index is 351. The smallest absolute Gasteiger partial charge is 0.137 e. The van der Waals surface area contributed by atoms with Crippen molar-refractivity contribution >= 4 is 11.6 Å². The van der Waals surface area contributed by atoms with Crippen molar-refractivity contribution < 1.29 is 4.74 Å². The maximum atomic E-state index is 6.26. The number of halogens is 1. The van der Waals surface area contributed by atoms with Gasteiger partial charge in [-0.25, -0.2) is 0 Å². The first kappa shape index (κ1) is 11.7. The summed E-state index contributed by atoms with van der Waals surface area (Å²) in [5.41, 5.74) is 1.14. The Hall–Kier alpha value is -0.770. The van der Waals surface area contributed by atoms with E-state index in [9.17, 15) is 0 Å². The lowest BCUT2D eigenvalue weighted by molar-refractivity contribution is 0.233. The molecule has 0 aromatic heterocycles. The molecule has 1 saturated heterocycles. The minimum atomic E-state index is 0.739. The first-order chi connectivity index (χ1) is 7.81. The normalized spacial score (nSPS) is 17.4. The number of methoxy groups -OCH3 is 1. The summed E-state index contributed by atoms with van der Waals surface area (Å²) in [6.07, 6.45) is 0. The lowest BCUT2D eigenvalue weighted by Gasteiger charge is -2.27. The molecule has 1 aliphatic rings. The summed E-state index contributed by atoms with van der Waals surface area (Å²) in [5, 5.41) is 4.08. The third-order valence-corrected chi connectivity index (χ3v) is 3.30. The van der Waals surface area contributed by atoms with Crippen LogP contribution in [0.2, 0.25) is 5.02 Å². The number of nitrogens with one attached hydrogen (secondary N) is 1. The molecule has 0 saturated carbocycles. The van der Waals surface area contributed by atoms with E-state index in [4.69, 9.17) is 16.3 Å². The summed E-state index contributed by atoms with van der Waals surface area (Å²) in [6, 6.07) is 5.94. The average molecular weight is 241 g/mol. The lowest BCUT2D eigenvalue weighted by Crippen LogP contribution is -2.42. The highest BCUT2D eigenvalue weighted by Gasteiger charge is 2.13. The van der Waals surface area contributed by atoms with Crippen LogP contribution in [0.1, 0.15) is 5.56 Å². The van der Waals surface area contributed by atoms with Gasteiger partial charge in [0.05, 0.1) is 12.1 Å².